The predicted octanol–water partition coefficient (Wildman–Crippen LogP) is 2.78. The highest BCUT2D eigenvalue weighted by Crippen LogP contribution is 2.16. The summed E-state index contributed by atoms with van der Waals surface area (Å²) in [5, 5.41) is 0. The van der Waals surface area contributed by atoms with E-state index in [4.69, 9.17) is 4.74 Å². The molecule has 0 radical (unpaired) electrons. The molecule has 2 aromatic carbocycles. The maximum absolute atomic E-state index is 12.2. The number of hydrogen-bond donors (Lipinski definition) is 0. The van der Waals surface area contributed by atoms with Gasteiger partial charge in [-0.1, -0.05) is 36.4 Å². The molecule has 0 aliphatic heterocycles. The standard InChI is InChI=1S/C18H23NO3S/c1-16-8-6-7-11-18(16)22-14-12-19(2)13-15-23(20,21)17-9-4-3-5-10-17/h3-11H,12-15H2,1-2H3. The van der Waals surface area contributed by atoms with Gasteiger partial charge in [0.1, 0.15) is 12.4 Å². The van der Waals surface area contributed by atoms with Crippen molar-refractivity contribution in [2.75, 3.05) is 32.5 Å². The molecule has 23 heavy (non-hydrogen) atoms. The van der Waals surface area contributed by atoms with E-state index in [2.05, 4.69) is 0 Å². The summed E-state index contributed by atoms with van der Waals surface area (Å²) >= 11 is 0. The summed E-state index contributed by atoms with van der Waals surface area (Å²) in [6.45, 7) is 3.70. The van der Waals surface area contributed by atoms with Crippen LogP contribution in [-0.4, -0.2) is 45.8 Å². The number of nitrogens with zero attached hydrogens (tertiary/aromatic N) is 1. The first-order chi connectivity index (χ1) is 11.0. The van der Waals surface area contributed by atoms with Crippen molar-refractivity contribution in [3.05, 3.63) is 60.2 Å². The molecule has 0 atom stereocenters. The Morgan fingerprint density at radius 2 is 1.61 bits per heavy atom. The maximum atomic E-state index is 12.2. The van der Waals surface area contributed by atoms with E-state index in [9.17, 15) is 8.42 Å². The summed E-state index contributed by atoms with van der Waals surface area (Å²) in [5.41, 5.74) is 1.10. The van der Waals surface area contributed by atoms with Gasteiger partial charge in [-0.15, -0.1) is 0 Å². The van der Waals surface area contributed by atoms with Crippen molar-refractivity contribution in [2.45, 2.75) is 11.8 Å². The van der Waals surface area contributed by atoms with E-state index >= 15 is 0 Å². The van der Waals surface area contributed by atoms with Gasteiger partial charge in [-0.05, 0) is 37.7 Å². The lowest BCUT2D eigenvalue weighted by molar-refractivity contribution is 0.243. The van der Waals surface area contributed by atoms with E-state index < -0.39 is 9.84 Å². The van der Waals surface area contributed by atoms with Gasteiger partial charge in [0, 0.05) is 13.1 Å². The summed E-state index contributed by atoms with van der Waals surface area (Å²) in [6.07, 6.45) is 0. The Balaban J connectivity index is 1.77. The zero-order valence-corrected chi connectivity index (χ0v) is 14.4. The summed E-state index contributed by atoms with van der Waals surface area (Å²) in [7, 11) is -1.32. The van der Waals surface area contributed by atoms with Crippen LogP contribution in [-0.2, 0) is 9.84 Å². The third-order valence-electron chi connectivity index (χ3n) is 3.67. The molecule has 4 nitrogen and oxygen atoms in total. The molecule has 124 valence electrons. The third kappa shape index (κ3) is 5.37. The lowest BCUT2D eigenvalue weighted by Crippen LogP contribution is -2.29. The Labute approximate surface area is 138 Å². The van der Waals surface area contributed by atoms with Crippen molar-refractivity contribution in [1.82, 2.24) is 4.90 Å². The minimum atomic E-state index is -3.22. The minimum Gasteiger partial charge on any atom is -0.492 e. The number of para-hydroxylation sites is 1. The van der Waals surface area contributed by atoms with E-state index in [0.29, 0.717) is 24.6 Å². The average Bonchev–Trinajstić information content (AvgIpc) is 2.56. The molecule has 0 aromatic heterocycles. The summed E-state index contributed by atoms with van der Waals surface area (Å²) in [6, 6.07) is 16.4. The fourth-order valence-corrected chi connectivity index (χ4v) is 3.52. The van der Waals surface area contributed by atoms with Crippen LogP contribution in [0.2, 0.25) is 0 Å². The van der Waals surface area contributed by atoms with Crippen LogP contribution in [0.15, 0.2) is 59.5 Å². The van der Waals surface area contributed by atoms with E-state index in [1.165, 1.54) is 0 Å². The average molecular weight is 333 g/mol. The van der Waals surface area contributed by atoms with Crippen LogP contribution in [0.5, 0.6) is 5.75 Å². The van der Waals surface area contributed by atoms with E-state index in [-0.39, 0.29) is 5.75 Å². The Kier molecular flexibility index (Phi) is 6.19. The number of aryl methyl sites for hydroxylation is 1. The van der Waals surface area contributed by atoms with Gasteiger partial charge in [0.2, 0.25) is 0 Å². The maximum Gasteiger partial charge on any atom is 0.179 e. The highest BCUT2D eigenvalue weighted by Gasteiger charge is 2.14. The SMILES string of the molecule is Cc1ccccc1OCCN(C)CCS(=O)(=O)c1ccccc1. The second-order valence-corrected chi connectivity index (χ2v) is 7.66. The Bertz CT molecular complexity index is 714. The number of benzene rings is 2. The van der Waals surface area contributed by atoms with Crippen molar-refractivity contribution < 1.29 is 13.2 Å². The fourth-order valence-electron chi connectivity index (χ4n) is 2.16. The smallest absolute Gasteiger partial charge is 0.179 e. The molecular formula is C18H23NO3S. The van der Waals surface area contributed by atoms with E-state index in [1.54, 1.807) is 24.3 Å². The van der Waals surface area contributed by atoms with Gasteiger partial charge in [-0.25, -0.2) is 8.42 Å². The normalized spacial score (nSPS) is 11.6. The van der Waals surface area contributed by atoms with Crippen molar-refractivity contribution in [2.24, 2.45) is 0 Å². The predicted molar refractivity (Wildman–Crippen MR) is 92.7 cm³/mol. The van der Waals surface area contributed by atoms with Gasteiger partial charge >= 0.3 is 0 Å². The number of likely N-dealkylation sites (N-methyl/N-ethyl adjacent to an activating group) is 1. The van der Waals surface area contributed by atoms with E-state index in [0.717, 1.165) is 11.3 Å². The molecule has 0 saturated carbocycles. The topological polar surface area (TPSA) is 46.6 Å². The molecule has 0 N–H and O–H groups in total. The molecule has 2 aromatic rings. The molecule has 0 aliphatic carbocycles. The Hall–Kier alpha value is -1.85. The van der Waals surface area contributed by atoms with Gasteiger partial charge in [0.25, 0.3) is 0 Å². The molecule has 0 fully saturated rings. The molecule has 0 heterocycles. The minimum absolute atomic E-state index is 0.109. The molecule has 2 rings (SSSR count). The van der Waals surface area contributed by atoms with Gasteiger partial charge in [0.05, 0.1) is 10.6 Å². The molecule has 0 aliphatic rings. The van der Waals surface area contributed by atoms with Crippen LogP contribution < -0.4 is 4.74 Å². The first kappa shape index (κ1) is 17.5. The first-order valence-corrected chi connectivity index (χ1v) is 9.29. The van der Waals surface area contributed by atoms with Crippen LogP contribution >= 0.6 is 0 Å². The summed E-state index contributed by atoms with van der Waals surface area (Å²) < 4.78 is 30.2. The Morgan fingerprint density at radius 1 is 0.957 bits per heavy atom. The summed E-state index contributed by atoms with van der Waals surface area (Å²) in [4.78, 5) is 2.35. The second kappa shape index (κ2) is 8.13. The zero-order valence-electron chi connectivity index (χ0n) is 13.6. The van der Waals surface area contributed by atoms with Gasteiger partial charge in [-0.3, -0.25) is 0 Å². The van der Waals surface area contributed by atoms with Crippen LogP contribution in [0, 0.1) is 6.92 Å². The quantitative estimate of drug-likeness (QED) is 0.745. The number of sulfone groups is 1. The zero-order chi connectivity index (χ0) is 16.7. The molecule has 0 saturated heterocycles. The lowest BCUT2D eigenvalue weighted by Gasteiger charge is -2.17. The third-order valence-corrected chi connectivity index (χ3v) is 5.38. The van der Waals surface area contributed by atoms with Gasteiger partial charge in [-0.2, -0.15) is 0 Å². The van der Waals surface area contributed by atoms with Crippen LogP contribution in [0.25, 0.3) is 0 Å². The van der Waals surface area contributed by atoms with Crippen LogP contribution in [0.3, 0.4) is 0 Å². The molecule has 0 amide bonds. The van der Waals surface area contributed by atoms with Crippen molar-refractivity contribution in [3.63, 3.8) is 0 Å². The molecular weight excluding hydrogens is 310 g/mol. The van der Waals surface area contributed by atoms with Crippen molar-refractivity contribution in [3.8, 4) is 5.75 Å². The number of hydrogen-bond acceptors (Lipinski definition) is 4. The van der Waals surface area contributed by atoms with Crippen LogP contribution in [0.1, 0.15) is 5.56 Å². The Morgan fingerprint density at radius 3 is 2.30 bits per heavy atom. The molecule has 5 heteroatoms. The van der Waals surface area contributed by atoms with E-state index in [1.807, 2.05) is 49.2 Å². The van der Waals surface area contributed by atoms with Gasteiger partial charge in [0.15, 0.2) is 9.84 Å². The number of ether oxygens (including phenoxy) is 1. The fraction of sp³-hybridized carbons (Fsp3) is 0.333. The number of rotatable bonds is 8. The highest BCUT2D eigenvalue weighted by molar-refractivity contribution is 7.91. The van der Waals surface area contributed by atoms with Crippen LogP contribution in [0.4, 0.5) is 0 Å². The molecule has 0 unspecified atom stereocenters. The van der Waals surface area contributed by atoms with Gasteiger partial charge < -0.3 is 9.64 Å². The second-order valence-electron chi connectivity index (χ2n) is 5.55. The van der Waals surface area contributed by atoms with Crippen molar-refractivity contribution in [1.29, 1.82) is 0 Å². The molecule has 0 bridgehead atoms. The monoisotopic (exact) mass is 333 g/mol. The first-order valence-electron chi connectivity index (χ1n) is 7.64. The lowest BCUT2D eigenvalue weighted by atomic mass is 10.2. The largest absolute Gasteiger partial charge is 0.492 e. The molecule has 0 spiro atoms. The van der Waals surface area contributed by atoms with Crippen molar-refractivity contribution >= 4 is 9.84 Å². The summed E-state index contributed by atoms with van der Waals surface area (Å²) in [5.74, 6) is 0.982. The highest BCUT2D eigenvalue weighted by atomic mass is 32.2.